The van der Waals surface area contributed by atoms with E-state index >= 15 is 0 Å². The standard InChI is InChI=1S/C75H120O6/c1-4-7-10-13-16-19-22-24-26-28-29-30-31-32-33-34-35-36-37-38-39-40-41-42-43-44-45-47-48-50-53-56-59-62-65-68-74(77)80-71-72(70-79-73(76)67-64-61-58-55-52-21-18-15-12-9-6-3)81-75(78)69-66-63-60-57-54-51-49-46-27-25-23-20-17-14-11-8-5-2/h7-8,10-11,15-20,24-27,29-30,32-33,35-36,38-39,41-42,49,51,72H,4-6,9,12-14,21-23,28,31,34,37,40,43-48,50,52-71H2,1-3H3/b10-7-,11-8-,18-15-,19-16-,20-17-,26-24-,27-25-,30-29-,33-32-,36-35-,39-38-,42-41-,51-49-. The van der Waals surface area contributed by atoms with E-state index in [4.69, 9.17) is 14.2 Å². The minimum absolute atomic E-state index is 0.0977. The lowest BCUT2D eigenvalue weighted by atomic mass is 10.1. The summed E-state index contributed by atoms with van der Waals surface area (Å²) in [4.78, 5) is 38.2. The first-order chi connectivity index (χ1) is 40.0. The normalized spacial score (nSPS) is 13.2. The zero-order chi connectivity index (χ0) is 58.5. The molecule has 0 heterocycles. The first-order valence-corrected chi connectivity index (χ1v) is 33.0. The van der Waals surface area contributed by atoms with Gasteiger partial charge < -0.3 is 14.2 Å². The number of unbranched alkanes of at least 4 members (excludes halogenated alkanes) is 21. The molecule has 0 N–H and O–H groups in total. The second-order valence-electron chi connectivity index (χ2n) is 21.3. The van der Waals surface area contributed by atoms with Gasteiger partial charge in [0.2, 0.25) is 0 Å². The van der Waals surface area contributed by atoms with Crippen molar-refractivity contribution < 1.29 is 28.6 Å². The zero-order valence-corrected chi connectivity index (χ0v) is 52.2. The summed E-state index contributed by atoms with van der Waals surface area (Å²) in [6.07, 6.45) is 98.3. The van der Waals surface area contributed by atoms with Crippen molar-refractivity contribution in [2.24, 2.45) is 0 Å². The van der Waals surface area contributed by atoms with Crippen LogP contribution < -0.4 is 0 Å². The Morgan fingerprint density at radius 2 is 0.481 bits per heavy atom. The van der Waals surface area contributed by atoms with E-state index in [1.54, 1.807) is 0 Å². The van der Waals surface area contributed by atoms with Crippen LogP contribution >= 0.6 is 0 Å². The van der Waals surface area contributed by atoms with Crippen LogP contribution in [0.25, 0.3) is 0 Å². The van der Waals surface area contributed by atoms with Crippen molar-refractivity contribution in [1.29, 1.82) is 0 Å². The molecule has 0 bridgehead atoms. The SMILES string of the molecule is CC/C=C\C/C=C\C/C=C\C/C=C\C/C=C\C/C=C\C/C=C\C/C=C\CCCCCCCCCCCCC(=O)OCC(COC(=O)CCCCCCC/C=C\CCCC)OC(=O)CCCCCC/C=C\C/C=C\C/C=C\C/C=C\CC. The van der Waals surface area contributed by atoms with Crippen LogP contribution in [0.1, 0.15) is 278 Å². The number of hydrogen-bond acceptors (Lipinski definition) is 6. The Labute approximate surface area is 499 Å². The van der Waals surface area contributed by atoms with Crippen molar-refractivity contribution in [3.63, 3.8) is 0 Å². The highest BCUT2D eigenvalue weighted by atomic mass is 16.6. The van der Waals surface area contributed by atoms with E-state index in [-0.39, 0.29) is 31.1 Å². The summed E-state index contributed by atoms with van der Waals surface area (Å²) in [6, 6.07) is 0. The average Bonchev–Trinajstić information content (AvgIpc) is 3.47. The Bertz CT molecular complexity index is 1810. The molecule has 0 aliphatic heterocycles. The Balaban J connectivity index is 4.24. The number of ether oxygens (including phenoxy) is 3. The molecule has 0 saturated carbocycles. The lowest BCUT2D eigenvalue weighted by Gasteiger charge is -2.18. The molecule has 0 aliphatic carbocycles. The summed E-state index contributed by atoms with van der Waals surface area (Å²) in [6.45, 7) is 6.34. The summed E-state index contributed by atoms with van der Waals surface area (Å²) in [7, 11) is 0. The van der Waals surface area contributed by atoms with Crippen LogP contribution in [0.2, 0.25) is 0 Å². The molecular formula is C75H120O6. The van der Waals surface area contributed by atoms with Gasteiger partial charge in [0.1, 0.15) is 13.2 Å². The summed E-state index contributed by atoms with van der Waals surface area (Å²) in [5, 5.41) is 0. The Morgan fingerprint density at radius 1 is 0.259 bits per heavy atom. The molecule has 0 radical (unpaired) electrons. The number of allylic oxidation sites excluding steroid dienone is 26. The number of carbonyl (C=O) groups is 3. The third-order valence-electron chi connectivity index (χ3n) is 13.5. The maximum atomic E-state index is 12.9. The van der Waals surface area contributed by atoms with E-state index in [2.05, 4.69) is 179 Å². The molecule has 0 spiro atoms. The first kappa shape index (κ1) is 76.0. The highest BCUT2D eigenvalue weighted by Crippen LogP contribution is 2.15. The van der Waals surface area contributed by atoms with Gasteiger partial charge in [-0.3, -0.25) is 14.4 Å². The van der Waals surface area contributed by atoms with E-state index in [1.165, 1.54) is 70.6 Å². The number of hydrogen-bond donors (Lipinski definition) is 0. The third-order valence-corrected chi connectivity index (χ3v) is 13.5. The maximum absolute atomic E-state index is 12.9. The fourth-order valence-electron chi connectivity index (χ4n) is 8.61. The van der Waals surface area contributed by atoms with Gasteiger partial charge in [-0.25, -0.2) is 0 Å². The molecule has 0 aromatic heterocycles. The predicted octanol–water partition coefficient (Wildman–Crippen LogP) is 22.9. The van der Waals surface area contributed by atoms with Crippen molar-refractivity contribution in [3.8, 4) is 0 Å². The van der Waals surface area contributed by atoms with Crippen LogP contribution in [0, 0.1) is 0 Å². The van der Waals surface area contributed by atoms with Gasteiger partial charge in [-0.05, 0) is 141 Å². The molecule has 0 saturated heterocycles. The monoisotopic (exact) mass is 1120 g/mol. The second-order valence-corrected chi connectivity index (χ2v) is 21.3. The fourth-order valence-corrected chi connectivity index (χ4v) is 8.61. The summed E-state index contributed by atoms with van der Waals surface area (Å²) in [5.41, 5.74) is 0. The molecule has 0 rings (SSSR count). The van der Waals surface area contributed by atoms with Gasteiger partial charge in [-0.15, -0.1) is 0 Å². The van der Waals surface area contributed by atoms with Crippen molar-refractivity contribution >= 4 is 17.9 Å². The van der Waals surface area contributed by atoms with E-state index < -0.39 is 6.10 Å². The van der Waals surface area contributed by atoms with E-state index in [0.717, 1.165) is 167 Å². The Kier molecular flexibility index (Phi) is 63.4. The molecule has 0 aromatic rings. The van der Waals surface area contributed by atoms with Crippen LogP contribution in [-0.4, -0.2) is 37.2 Å². The molecule has 81 heavy (non-hydrogen) atoms. The van der Waals surface area contributed by atoms with Crippen molar-refractivity contribution in [3.05, 3.63) is 158 Å². The van der Waals surface area contributed by atoms with Crippen LogP contribution in [0.4, 0.5) is 0 Å². The minimum Gasteiger partial charge on any atom is -0.462 e. The number of carbonyl (C=O) groups excluding carboxylic acids is 3. The van der Waals surface area contributed by atoms with Gasteiger partial charge in [-0.1, -0.05) is 275 Å². The zero-order valence-electron chi connectivity index (χ0n) is 52.2. The quantitative estimate of drug-likeness (QED) is 0.0261. The highest BCUT2D eigenvalue weighted by Gasteiger charge is 2.19. The van der Waals surface area contributed by atoms with Gasteiger partial charge in [0.15, 0.2) is 6.10 Å². The molecule has 1 atom stereocenters. The summed E-state index contributed by atoms with van der Waals surface area (Å²) in [5.74, 6) is -0.938. The Morgan fingerprint density at radius 3 is 0.765 bits per heavy atom. The van der Waals surface area contributed by atoms with E-state index in [9.17, 15) is 14.4 Å². The van der Waals surface area contributed by atoms with Gasteiger partial charge in [0.05, 0.1) is 0 Å². The Hall–Kier alpha value is -4.97. The molecule has 1 unspecified atom stereocenters. The molecule has 6 nitrogen and oxygen atoms in total. The molecular weight excluding hydrogens is 997 g/mol. The van der Waals surface area contributed by atoms with Crippen LogP contribution in [0.3, 0.4) is 0 Å². The summed E-state index contributed by atoms with van der Waals surface area (Å²) >= 11 is 0. The predicted molar refractivity (Wildman–Crippen MR) is 352 cm³/mol. The van der Waals surface area contributed by atoms with Gasteiger partial charge >= 0.3 is 17.9 Å². The number of esters is 3. The van der Waals surface area contributed by atoms with Gasteiger partial charge in [0, 0.05) is 19.3 Å². The second kappa shape index (κ2) is 67.5. The van der Waals surface area contributed by atoms with Gasteiger partial charge in [0.25, 0.3) is 0 Å². The van der Waals surface area contributed by atoms with Gasteiger partial charge in [-0.2, -0.15) is 0 Å². The number of rotatable bonds is 58. The third kappa shape index (κ3) is 65.7. The lowest BCUT2D eigenvalue weighted by Crippen LogP contribution is -2.30. The lowest BCUT2D eigenvalue weighted by molar-refractivity contribution is -0.167. The van der Waals surface area contributed by atoms with Crippen molar-refractivity contribution in [2.75, 3.05) is 13.2 Å². The fraction of sp³-hybridized carbons (Fsp3) is 0.613. The van der Waals surface area contributed by atoms with E-state index in [0.29, 0.717) is 19.3 Å². The van der Waals surface area contributed by atoms with Crippen LogP contribution in [-0.2, 0) is 28.6 Å². The first-order valence-electron chi connectivity index (χ1n) is 33.0. The molecule has 0 aromatic carbocycles. The molecule has 6 heteroatoms. The van der Waals surface area contributed by atoms with Crippen molar-refractivity contribution in [1.82, 2.24) is 0 Å². The van der Waals surface area contributed by atoms with Crippen LogP contribution in [0.5, 0.6) is 0 Å². The van der Waals surface area contributed by atoms with Crippen molar-refractivity contribution in [2.45, 2.75) is 284 Å². The smallest absolute Gasteiger partial charge is 0.306 e. The van der Waals surface area contributed by atoms with E-state index in [1.807, 2.05) is 0 Å². The topological polar surface area (TPSA) is 78.9 Å². The maximum Gasteiger partial charge on any atom is 0.306 e. The highest BCUT2D eigenvalue weighted by molar-refractivity contribution is 5.71. The minimum atomic E-state index is -0.802. The molecule has 0 amide bonds. The summed E-state index contributed by atoms with van der Waals surface area (Å²) < 4.78 is 16.9. The van der Waals surface area contributed by atoms with Crippen LogP contribution in [0.15, 0.2) is 158 Å². The molecule has 0 aliphatic rings. The molecule has 0 fully saturated rings. The largest absolute Gasteiger partial charge is 0.462 e. The molecule has 456 valence electrons. The average molecular weight is 1120 g/mol.